The third kappa shape index (κ3) is 4.38. The van der Waals surface area contributed by atoms with Crippen LogP contribution < -0.4 is 10.1 Å². The fourth-order valence-corrected chi connectivity index (χ4v) is 2.90. The van der Waals surface area contributed by atoms with Crippen molar-refractivity contribution in [3.63, 3.8) is 0 Å². The highest BCUT2D eigenvalue weighted by atomic mass is 16.5. The first-order chi connectivity index (χ1) is 13.0. The van der Waals surface area contributed by atoms with Crippen molar-refractivity contribution in [2.24, 2.45) is 0 Å². The minimum atomic E-state index is -1.09. The number of hydrogen-bond donors (Lipinski definition) is 2. The zero-order chi connectivity index (χ0) is 19.4. The molecule has 0 aliphatic heterocycles. The van der Waals surface area contributed by atoms with Crippen LogP contribution in [0.4, 0.5) is 0 Å². The Hall–Kier alpha value is -3.05. The lowest BCUT2D eigenvalue weighted by Gasteiger charge is -2.15. The Morgan fingerprint density at radius 2 is 1.89 bits per heavy atom. The lowest BCUT2D eigenvalue weighted by Crippen LogP contribution is -2.18. The van der Waals surface area contributed by atoms with Crippen LogP contribution in [0.2, 0.25) is 0 Å². The van der Waals surface area contributed by atoms with E-state index in [4.69, 9.17) is 14.3 Å². The number of carbonyl (C=O) groups is 1. The van der Waals surface area contributed by atoms with Crippen LogP contribution in [0.25, 0.3) is 11.3 Å². The van der Waals surface area contributed by atoms with Gasteiger partial charge in [-0.1, -0.05) is 35.9 Å². The van der Waals surface area contributed by atoms with Crippen molar-refractivity contribution < 1.29 is 19.1 Å². The molecule has 0 amide bonds. The summed E-state index contributed by atoms with van der Waals surface area (Å²) < 4.78 is 10.8. The molecular weight excluding hydrogens is 342 g/mol. The monoisotopic (exact) mass is 365 g/mol. The van der Waals surface area contributed by atoms with Crippen LogP contribution in [-0.4, -0.2) is 18.2 Å². The van der Waals surface area contributed by atoms with Gasteiger partial charge in [0.2, 0.25) is 5.76 Å². The third-order valence-electron chi connectivity index (χ3n) is 4.54. The number of benzene rings is 2. The smallest absolute Gasteiger partial charge is 0.371 e. The van der Waals surface area contributed by atoms with Crippen LogP contribution in [-0.2, 0) is 6.54 Å². The SMILES string of the molecule is COc1ccc(CNC(C)c2ccc(C)cc2)cc1-c1ccc(C(=O)O)o1. The molecule has 0 radical (unpaired) electrons. The van der Waals surface area contributed by atoms with Crippen molar-refractivity contribution in [3.8, 4) is 17.1 Å². The van der Waals surface area contributed by atoms with E-state index in [0.717, 1.165) is 11.1 Å². The molecule has 1 unspecified atom stereocenters. The maximum absolute atomic E-state index is 11.1. The van der Waals surface area contributed by atoms with Crippen LogP contribution in [0, 0.1) is 6.92 Å². The van der Waals surface area contributed by atoms with Gasteiger partial charge < -0.3 is 19.6 Å². The summed E-state index contributed by atoms with van der Waals surface area (Å²) in [7, 11) is 1.58. The van der Waals surface area contributed by atoms with Gasteiger partial charge in [0.25, 0.3) is 0 Å². The highest BCUT2D eigenvalue weighted by Gasteiger charge is 2.15. The summed E-state index contributed by atoms with van der Waals surface area (Å²) in [6, 6.07) is 17.6. The largest absolute Gasteiger partial charge is 0.496 e. The van der Waals surface area contributed by atoms with Crippen molar-refractivity contribution in [2.45, 2.75) is 26.4 Å². The number of hydrogen-bond acceptors (Lipinski definition) is 4. The van der Waals surface area contributed by atoms with Gasteiger partial charge in [-0.3, -0.25) is 0 Å². The molecule has 0 fully saturated rings. The standard InChI is InChI=1S/C22H23NO4/c1-14-4-7-17(8-5-14)15(2)23-13-16-6-9-19(26-3)18(12-16)20-10-11-21(27-20)22(24)25/h4-12,15,23H,13H2,1-3H3,(H,24,25). The van der Waals surface area contributed by atoms with E-state index in [0.29, 0.717) is 18.1 Å². The molecule has 1 aromatic heterocycles. The molecule has 0 saturated heterocycles. The summed E-state index contributed by atoms with van der Waals surface area (Å²) in [5.41, 5.74) is 4.25. The van der Waals surface area contributed by atoms with Crippen LogP contribution in [0.15, 0.2) is 59.0 Å². The summed E-state index contributed by atoms with van der Waals surface area (Å²) in [4.78, 5) is 11.1. The molecule has 3 aromatic rings. The number of ether oxygens (including phenoxy) is 1. The molecule has 0 aliphatic rings. The molecule has 2 aromatic carbocycles. The van der Waals surface area contributed by atoms with Gasteiger partial charge in [0.15, 0.2) is 0 Å². The number of carboxylic acid groups (broad SMARTS) is 1. The zero-order valence-electron chi connectivity index (χ0n) is 15.7. The molecule has 0 spiro atoms. The van der Waals surface area contributed by atoms with Gasteiger partial charge in [0.05, 0.1) is 12.7 Å². The Morgan fingerprint density at radius 3 is 2.52 bits per heavy atom. The van der Waals surface area contributed by atoms with Crippen LogP contribution in [0.1, 0.15) is 40.2 Å². The Balaban J connectivity index is 1.78. The Bertz CT molecular complexity index is 928. The highest BCUT2D eigenvalue weighted by molar-refractivity contribution is 5.85. The van der Waals surface area contributed by atoms with Crippen LogP contribution in [0.5, 0.6) is 5.75 Å². The molecule has 0 bridgehead atoms. The van der Waals surface area contributed by atoms with Crippen molar-refractivity contribution in [3.05, 3.63) is 77.0 Å². The van der Waals surface area contributed by atoms with Gasteiger partial charge >= 0.3 is 5.97 Å². The van der Waals surface area contributed by atoms with Gasteiger partial charge in [-0.05, 0) is 49.2 Å². The number of methoxy groups -OCH3 is 1. The van der Waals surface area contributed by atoms with Crippen molar-refractivity contribution in [1.29, 1.82) is 0 Å². The van der Waals surface area contributed by atoms with Crippen molar-refractivity contribution in [1.82, 2.24) is 5.32 Å². The Morgan fingerprint density at radius 1 is 1.15 bits per heavy atom. The molecule has 140 valence electrons. The van der Waals surface area contributed by atoms with E-state index < -0.39 is 5.97 Å². The molecule has 2 N–H and O–H groups in total. The molecular formula is C22H23NO4. The molecule has 5 nitrogen and oxygen atoms in total. The predicted molar refractivity (Wildman–Crippen MR) is 104 cm³/mol. The van der Waals surface area contributed by atoms with Gasteiger partial charge in [-0.15, -0.1) is 0 Å². The first-order valence-corrected chi connectivity index (χ1v) is 8.78. The number of carboxylic acids is 1. The average Bonchev–Trinajstić information content (AvgIpc) is 3.17. The van der Waals surface area contributed by atoms with E-state index in [2.05, 4.69) is 43.4 Å². The number of nitrogens with one attached hydrogen (secondary N) is 1. The van der Waals surface area contributed by atoms with Crippen LogP contribution in [0.3, 0.4) is 0 Å². The van der Waals surface area contributed by atoms with Gasteiger partial charge in [0, 0.05) is 12.6 Å². The predicted octanol–water partition coefficient (Wildman–Crippen LogP) is 4.81. The quantitative estimate of drug-likeness (QED) is 0.628. The molecule has 1 atom stereocenters. The van der Waals surface area contributed by atoms with E-state index in [-0.39, 0.29) is 11.8 Å². The lowest BCUT2D eigenvalue weighted by atomic mass is 10.0. The van der Waals surface area contributed by atoms with Crippen molar-refractivity contribution in [2.75, 3.05) is 7.11 Å². The third-order valence-corrected chi connectivity index (χ3v) is 4.54. The number of rotatable bonds is 7. The highest BCUT2D eigenvalue weighted by Crippen LogP contribution is 2.32. The molecule has 5 heteroatoms. The number of aryl methyl sites for hydroxylation is 1. The van der Waals surface area contributed by atoms with E-state index in [1.807, 2.05) is 18.2 Å². The minimum absolute atomic E-state index is 0.0939. The van der Waals surface area contributed by atoms with Crippen LogP contribution >= 0.6 is 0 Å². The average molecular weight is 365 g/mol. The molecule has 1 heterocycles. The van der Waals surface area contributed by atoms with E-state index in [1.165, 1.54) is 17.2 Å². The lowest BCUT2D eigenvalue weighted by molar-refractivity contribution is 0.0663. The van der Waals surface area contributed by atoms with Gasteiger partial charge in [-0.25, -0.2) is 4.79 Å². The van der Waals surface area contributed by atoms with Crippen molar-refractivity contribution >= 4 is 5.97 Å². The second-order valence-electron chi connectivity index (χ2n) is 6.52. The summed E-state index contributed by atoms with van der Waals surface area (Å²) >= 11 is 0. The minimum Gasteiger partial charge on any atom is -0.496 e. The molecule has 0 aliphatic carbocycles. The second kappa shape index (κ2) is 8.10. The van der Waals surface area contributed by atoms with Gasteiger partial charge in [0.1, 0.15) is 11.5 Å². The van der Waals surface area contributed by atoms with Gasteiger partial charge in [-0.2, -0.15) is 0 Å². The fraction of sp³-hybridized carbons (Fsp3) is 0.227. The molecule has 0 saturated carbocycles. The Kier molecular flexibility index (Phi) is 5.62. The Labute approximate surface area is 158 Å². The van der Waals surface area contributed by atoms with E-state index >= 15 is 0 Å². The second-order valence-corrected chi connectivity index (χ2v) is 6.52. The summed E-state index contributed by atoms with van der Waals surface area (Å²) in [6.45, 7) is 4.87. The summed E-state index contributed by atoms with van der Waals surface area (Å²) in [5, 5.41) is 12.6. The maximum atomic E-state index is 11.1. The van der Waals surface area contributed by atoms with E-state index in [9.17, 15) is 4.79 Å². The maximum Gasteiger partial charge on any atom is 0.371 e. The fourth-order valence-electron chi connectivity index (χ4n) is 2.90. The number of aromatic carboxylic acids is 1. The molecule has 27 heavy (non-hydrogen) atoms. The van der Waals surface area contributed by atoms with E-state index in [1.54, 1.807) is 13.2 Å². The first kappa shape index (κ1) is 18.7. The first-order valence-electron chi connectivity index (χ1n) is 8.78. The molecule has 3 rings (SSSR count). The number of furan rings is 1. The summed E-state index contributed by atoms with van der Waals surface area (Å²) in [6.07, 6.45) is 0. The normalized spacial score (nSPS) is 12.0. The zero-order valence-corrected chi connectivity index (χ0v) is 15.7. The topological polar surface area (TPSA) is 71.7 Å². The summed E-state index contributed by atoms with van der Waals surface area (Å²) in [5.74, 6) is -0.0807.